The molecule has 1 nitrogen and oxygen atoms in total. The van der Waals surface area contributed by atoms with E-state index in [0.717, 1.165) is 24.8 Å². The lowest BCUT2D eigenvalue weighted by Crippen LogP contribution is -2.10. The Morgan fingerprint density at radius 3 is 2.71 bits per heavy atom. The van der Waals surface area contributed by atoms with Crippen LogP contribution >= 0.6 is 23.2 Å². The van der Waals surface area contributed by atoms with Gasteiger partial charge in [-0.15, -0.1) is 0 Å². The van der Waals surface area contributed by atoms with E-state index in [1.807, 2.05) is 6.07 Å². The van der Waals surface area contributed by atoms with Crippen molar-refractivity contribution in [3.63, 3.8) is 0 Å². The van der Waals surface area contributed by atoms with Gasteiger partial charge in [0.15, 0.2) is 0 Å². The van der Waals surface area contributed by atoms with Crippen molar-refractivity contribution >= 4 is 23.2 Å². The highest BCUT2D eigenvalue weighted by molar-refractivity contribution is 6.33. The molecule has 1 rings (SSSR count). The molecule has 0 aromatic heterocycles. The number of hydrogen-bond donors (Lipinski definition) is 1. The first-order chi connectivity index (χ1) is 6.65. The van der Waals surface area contributed by atoms with E-state index >= 15 is 0 Å². The third-order valence-corrected chi connectivity index (χ3v) is 2.81. The fourth-order valence-electron chi connectivity index (χ4n) is 1.38. The second-order valence-electron chi connectivity index (χ2n) is 3.41. The van der Waals surface area contributed by atoms with Gasteiger partial charge in [-0.2, -0.15) is 0 Å². The molecule has 1 atom stereocenters. The Kier molecular flexibility index (Phi) is 4.73. The summed E-state index contributed by atoms with van der Waals surface area (Å²) in [6.07, 6.45) is 3.21. The van der Waals surface area contributed by atoms with Gasteiger partial charge in [-0.05, 0) is 30.2 Å². The normalized spacial score (nSPS) is 12.9. The fraction of sp³-hybridized carbons (Fsp3) is 0.455. The van der Waals surface area contributed by atoms with Crippen LogP contribution in [0.2, 0.25) is 10.0 Å². The molecule has 0 spiro atoms. The lowest BCUT2D eigenvalue weighted by Gasteiger charge is -2.13. The predicted octanol–water partition coefficient (Wildman–Crippen LogP) is 4.18. The summed E-state index contributed by atoms with van der Waals surface area (Å²) >= 11 is 11.9. The van der Waals surface area contributed by atoms with E-state index in [1.165, 1.54) is 0 Å². The number of nitrogens with two attached hydrogens (primary N) is 1. The SMILES string of the molecule is CCCCC(N)c1cc(Cl)ccc1Cl. The summed E-state index contributed by atoms with van der Waals surface area (Å²) in [7, 11) is 0. The number of hydrogen-bond acceptors (Lipinski definition) is 1. The van der Waals surface area contributed by atoms with Crippen molar-refractivity contribution in [3.8, 4) is 0 Å². The first-order valence-corrected chi connectivity index (χ1v) is 5.61. The summed E-state index contributed by atoms with van der Waals surface area (Å²) in [6, 6.07) is 5.43. The van der Waals surface area contributed by atoms with Crippen LogP contribution in [-0.2, 0) is 0 Å². The molecule has 0 heterocycles. The van der Waals surface area contributed by atoms with Gasteiger partial charge in [-0.25, -0.2) is 0 Å². The van der Waals surface area contributed by atoms with Gasteiger partial charge in [0.25, 0.3) is 0 Å². The van der Waals surface area contributed by atoms with E-state index in [-0.39, 0.29) is 6.04 Å². The summed E-state index contributed by atoms with van der Waals surface area (Å²) < 4.78 is 0. The molecule has 1 unspecified atom stereocenters. The fourth-order valence-corrected chi connectivity index (χ4v) is 1.82. The van der Waals surface area contributed by atoms with Crippen molar-refractivity contribution < 1.29 is 0 Å². The molecule has 0 bridgehead atoms. The first kappa shape index (κ1) is 11.8. The van der Waals surface area contributed by atoms with E-state index in [9.17, 15) is 0 Å². The topological polar surface area (TPSA) is 26.0 Å². The van der Waals surface area contributed by atoms with Crippen LogP contribution in [0.1, 0.15) is 37.8 Å². The minimum absolute atomic E-state index is 0.00106. The van der Waals surface area contributed by atoms with Gasteiger partial charge in [0, 0.05) is 16.1 Å². The van der Waals surface area contributed by atoms with Gasteiger partial charge in [-0.3, -0.25) is 0 Å². The third-order valence-electron chi connectivity index (χ3n) is 2.23. The molecule has 0 aliphatic heterocycles. The Morgan fingerprint density at radius 1 is 1.36 bits per heavy atom. The summed E-state index contributed by atoms with van der Waals surface area (Å²) in [4.78, 5) is 0. The highest BCUT2D eigenvalue weighted by Gasteiger charge is 2.09. The van der Waals surface area contributed by atoms with Crippen molar-refractivity contribution in [2.75, 3.05) is 0 Å². The largest absolute Gasteiger partial charge is 0.324 e. The molecule has 0 fully saturated rings. The summed E-state index contributed by atoms with van der Waals surface area (Å²) in [6.45, 7) is 2.15. The van der Waals surface area contributed by atoms with Crippen LogP contribution in [0.15, 0.2) is 18.2 Å². The first-order valence-electron chi connectivity index (χ1n) is 4.85. The third kappa shape index (κ3) is 3.16. The Balaban J connectivity index is 2.77. The summed E-state index contributed by atoms with van der Waals surface area (Å²) in [5, 5.41) is 1.40. The van der Waals surface area contributed by atoms with Crippen molar-refractivity contribution in [2.24, 2.45) is 5.73 Å². The second kappa shape index (κ2) is 5.59. The maximum atomic E-state index is 6.03. The molecule has 0 saturated heterocycles. The number of benzene rings is 1. The Hall–Kier alpha value is -0.240. The molecule has 1 aromatic carbocycles. The average molecular weight is 232 g/mol. The highest BCUT2D eigenvalue weighted by atomic mass is 35.5. The molecule has 0 amide bonds. The van der Waals surface area contributed by atoms with Gasteiger partial charge in [0.05, 0.1) is 0 Å². The zero-order chi connectivity index (χ0) is 10.6. The van der Waals surface area contributed by atoms with Gasteiger partial charge in [0.2, 0.25) is 0 Å². The molecule has 0 aliphatic carbocycles. The molecule has 78 valence electrons. The summed E-state index contributed by atoms with van der Waals surface area (Å²) in [5.74, 6) is 0. The lowest BCUT2D eigenvalue weighted by molar-refractivity contribution is 0.603. The lowest BCUT2D eigenvalue weighted by atomic mass is 10.0. The molecule has 2 N–H and O–H groups in total. The maximum absolute atomic E-state index is 6.03. The van der Waals surface area contributed by atoms with Crippen LogP contribution < -0.4 is 5.73 Å². The van der Waals surface area contributed by atoms with Gasteiger partial charge in [0.1, 0.15) is 0 Å². The number of unbranched alkanes of at least 4 members (excludes halogenated alkanes) is 1. The average Bonchev–Trinajstić information content (AvgIpc) is 2.18. The zero-order valence-corrected chi connectivity index (χ0v) is 9.78. The summed E-state index contributed by atoms with van der Waals surface area (Å²) in [5.41, 5.74) is 6.96. The molecule has 0 saturated carbocycles. The van der Waals surface area contributed by atoms with Crippen LogP contribution in [0.3, 0.4) is 0 Å². The minimum atomic E-state index is 0.00106. The van der Waals surface area contributed by atoms with Crippen LogP contribution in [0.25, 0.3) is 0 Å². The monoisotopic (exact) mass is 231 g/mol. The second-order valence-corrected chi connectivity index (χ2v) is 4.26. The van der Waals surface area contributed by atoms with Crippen molar-refractivity contribution in [1.29, 1.82) is 0 Å². The molecule has 1 aromatic rings. The van der Waals surface area contributed by atoms with Crippen LogP contribution in [-0.4, -0.2) is 0 Å². The van der Waals surface area contributed by atoms with Crippen LogP contribution in [0, 0.1) is 0 Å². The molecular formula is C11H15Cl2N. The quantitative estimate of drug-likeness (QED) is 0.827. The van der Waals surface area contributed by atoms with Crippen molar-refractivity contribution in [1.82, 2.24) is 0 Å². The van der Waals surface area contributed by atoms with Gasteiger partial charge < -0.3 is 5.73 Å². The number of rotatable bonds is 4. The Labute approximate surface area is 95.2 Å². The van der Waals surface area contributed by atoms with E-state index in [1.54, 1.807) is 12.1 Å². The van der Waals surface area contributed by atoms with E-state index in [4.69, 9.17) is 28.9 Å². The Morgan fingerprint density at radius 2 is 2.07 bits per heavy atom. The van der Waals surface area contributed by atoms with Gasteiger partial charge in [-0.1, -0.05) is 43.0 Å². The van der Waals surface area contributed by atoms with Crippen LogP contribution in [0.4, 0.5) is 0 Å². The zero-order valence-electron chi connectivity index (χ0n) is 8.26. The molecule has 0 radical (unpaired) electrons. The van der Waals surface area contributed by atoms with Crippen molar-refractivity contribution in [3.05, 3.63) is 33.8 Å². The van der Waals surface area contributed by atoms with E-state index < -0.39 is 0 Å². The Bertz CT molecular complexity index is 299. The maximum Gasteiger partial charge on any atom is 0.0454 e. The van der Waals surface area contributed by atoms with E-state index in [2.05, 4.69) is 6.92 Å². The standard InChI is InChI=1S/C11H15Cl2N/c1-2-3-4-11(14)9-7-8(12)5-6-10(9)13/h5-7,11H,2-4,14H2,1H3. The number of halogens is 2. The highest BCUT2D eigenvalue weighted by Crippen LogP contribution is 2.27. The molecular weight excluding hydrogens is 217 g/mol. The molecule has 3 heteroatoms. The van der Waals surface area contributed by atoms with Crippen LogP contribution in [0.5, 0.6) is 0 Å². The minimum Gasteiger partial charge on any atom is -0.324 e. The van der Waals surface area contributed by atoms with Gasteiger partial charge >= 0.3 is 0 Å². The van der Waals surface area contributed by atoms with Crippen molar-refractivity contribution in [2.45, 2.75) is 32.2 Å². The van der Waals surface area contributed by atoms with E-state index in [0.29, 0.717) is 10.0 Å². The predicted molar refractivity (Wildman–Crippen MR) is 62.9 cm³/mol. The smallest absolute Gasteiger partial charge is 0.0454 e. The molecule has 0 aliphatic rings. The molecule has 14 heavy (non-hydrogen) atoms.